The van der Waals surface area contributed by atoms with Crippen LogP contribution in [0.2, 0.25) is 0 Å². The van der Waals surface area contributed by atoms with Crippen LogP contribution in [0.15, 0.2) is 0 Å². The van der Waals surface area contributed by atoms with Crippen molar-refractivity contribution in [3.8, 4) is 0 Å². The number of rotatable bonds is 6. The van der Waals surface area contributed by atoms with E-state index in [9.17, 15) is 19.8 Å². The van der Waals surface area contributed by atoms with E-state index in [0.29, 0.717) is 26.2 Å². The molecule has 2 aliphatic heterocycles. The standard InChI is InChI=1S/C15H26N2O6/c18-12(19)14(22)2-8-16(9-3-14)6-1-7-17-10-4-15(23,5-11-17)13(20)21/h22-23H,1-11H2,(H,18,19)(H,20,21). The van der Waals surface area contributed by atoms with E-state index in [1.807, 2.05) is 0 Å². The summed E-state index contributed by atoms with van der Waals surface area (Å²) >= 11 is 0. The summed E-state index contributed by atoms with van der Waals surface area (Å²) in [6, 6.07) is 0. The minimum absolute atomic E-state index is 0.248. The van der Waals surface area contributed by atoms with Crippen LogP contribution in [-0.4, -0.2) is 92.6 Å². The molecule has 2 rings (SSSR count). The molecule has 0 bridgehead atoms. The van der Waals surface area contributed by atoms with Crippen molar-refractivity contribution in [3.05, 3.63) is 0 Å². The normalized spacial score (nSPS) is 25.1. The Hall–Kier alpha value is -1.22. The zero-order valence-corrected chi connectivity index (χ0v) is 13.3. The average molecular weight is 330 g/mol. The summed E-state index contributed by atoms with van der Waals surface area (Å²) in [5.41, 5.74) is -3.16. The Balaban J connectivity index is 1.64. The Labute approximate surface area is 135 Å². The molecule has 2 fully saturated rings. The molecule has 0 aromatic carbocycles. The molecule has 0 aliphatic carbocycles. The molecule has 0 amide bonds. The van der Waals surface area contributed by atoms with Crippen molar-refractivity contribution in [2.75, 3.05) is 39.3 Å². The second-order valence-electron chi connectivity index (χ2n) is 6.71. The van der Waals surface area contributed by atoms with E-state index in [1.165, 1.54) is 0 Å². The molecule has 0 aromatic rings. The van der Waals surface area contributed by atoms with E-state index in [-0.39, 0.29) is 25.7 Å². The van der Waals surface area contributed by atoms with Crippen molar-refractivity contribution < 1.29 is 30.0 Å². The van der Waals surface area contributed by atoms with Gasteiger partial charge in [0.15, 0.2) is 11.2 Å². The van der Waals surface area contributed by atoms with Crippen molar-refractivity contribution in [2.24, 2.45) is 0 Å². The fourth-order valence-corrected chi connectivity index (χ4v) is 3.24. The lowest BCUT2D eigenvalue weighted by molar-refractivity contribution is -0.163. The third kappa shape index (κ3) is 4.41. The summed E-state index contributed by atoms with van der Waals surface area (Å²) in [5, 5.41) is 37.7. The van der Waals surface area contributed by atoms with E-state index in [2.05, 4.69) is 9.80 Å². The number of nitrogens with zero attached hydrogens (tertiary/aromatic N) is 2. The van der Waals surface area contributed by atoms with Gasteiger partial charge < -0.3 is 30.2 Å². The third-order valence-corrected chi connectivity index (χ3v) is 5.11. The van der Waals surface area contributed by atoms with Crippen molar-refractivity contribution in [3.63, 3.8) is 0 Å². The monoisotopic (exact) mass is 330 g/mol. The van der Waals surface area contributed by atoms with Crippen molar-refractivity contribution >= 4 is 11.9 Å². The lowest BCUT2D eigenvalue weighted by Gasteiger charge is -2.37. The second-order valence-corrected chi connectivity index (χ2v) is 6.71. The minimum atomic E-state index is -1.58. The van der Waals surface area contributed by atoms with Crippen molar-refractivity contribution in [2.45, 2.75) is 43.3 Å². The van der Waals surface area contributed by atoms with Crippen LogP contribution >= 0.6 is 0 Å². The molecule has 0 spiro atoms. The van der Waals surface area contributed by atoms with Gasteiger partial charge in [-0.25, -0.2) is 9.59 Å². The Kier molecular flexibility index (Phi) is 5.61. The molecule has 4 N–H and O–H groups in total. The maximum Gasteiger partial charge on any atom is 0.335 e. The van der Waals surface area contributed by atoms with E-state index >= 15 is 0 Å². The molecule has 0 radical (unpaired) electrons. The molecule has 0 atom stereocenters. The average Bonchev–Trinajstić information content (AvgIpc) is 2.51. The maximum absolute atomic E-state index is 11.0. The quantitative estimate of drug-likeness (QED) is 0.499. The Bertz CT molecular complexity index is 399. The Morgan fingerprint density at radius 1 is 0.739 bits per heavy atom. The topological polar surface area (TPSA) is 122 Å². The molecule has 132 valence electrons. The minimum Gasteiger partial charge on any atom is -0.479 e. The van der Waals surface area contributed by atoms with Gasteiger partial charge in [0.1, 0.15) is 0 Å². The number of hydrogen-bond donors (Lipinski definition) is 4. The molecular weight excluding hydrogens is 304 g/mol. The molecule has 2 aliphatic rings. The summed E-state index contributed by atoms with van der Waals surface area (Å²) < 4.78 is 0. The number of aliphatic carboxylic acids is 2. The first-order valence-electron chi connectivity index (χ1n) is 8.11. The third-order valence-electron chi connectivity index (χ3n) is 5.11. The predicted octanol–water partition coefficient (Wildman–Crippen LogP) is -0.800. The zero-order chi connectivity index (χ0) is 17.1. The molecule has 0 aromatic heterocycles. The molecule has 8 nitrogen and oxygen atoms in total. The van der Waals surface area contributed by atoms with E-state index in [0.717, 1.165) is 19.5 Å². The maximum atomic E-state index is 11.0. The van der Waals surface area contributed by atoms with E-state index in [4.69, 9.17) is 10.2 Å². The molecule has 2 saturated heterocycles. The van der Waals surface area contributed by atoms with Gasteiger partial charge >= 0.3 is 11.9 Å². The zero-order valence-electron chi connectivity index (χ0n) is 13.3. The Morgan fingerprint density at radius 2 is 1.04 bits per heavy atom. The van der Waals surface area contributed by atoms with Gasteiger partial charge in [-0.1, -0.05) is 0 Å². The van der Waals surface area contributed by atoms with Crippen molar-refractivity contribution in [1.82, 2.24) is 9.80 Å². The first-order chi connectivity index (χ1) is 10.8. The molecule has 0 unspecified atom stereocenters. The second kappa shape index (κ2) is 7.12. The molecular formula is C15H26N2O6. The summed E-state index contributed by atoms with van der Waals surface area (Å²) in [7, 11) is 0. The van der Waals surface area contributed by atoms with E-state index < -0.39 is 23.1 Å². The van der Waals surface area contributed by atoms with Gasteiger partial charge in [0.2, 0.25) is 0 Å². The van der Waals surface area contributed by atoms with Gasteiger partial charge in [-0.05, 0) is 45.2 Å². The van der Waals surface area contributed by atoms with Gasteiger partial charge in [-0.2, -0.15) is 0 Å². The van der Waals surface area contributed by atoms with Crippen LogP contribution in [0.4, 0.5) is 0 Å². The van der Waals surface area contributed by atoms with Gasteiger partial charge in [0.05, 0.1) is 0 Å². The smallest absolute Gasteiger partial charge is 0.335 e. The van der Waals surface area contributed by atoms with Crippen molar-refractivity contribution in [1.29, 1.82) is 0 Å². The molecule has 0 saturated carbocycles. The van der Waals surface area contributed by atoms with Crippen LogP contribution in [-0.2, 0) is 9.59 Å². The number of piperidine rings is 2. The molecule has 2 heterocycles. The lowest BCUT2D eigenvalue weighted by Crippen LogP contribution is -2.50. The predicted molar refractivity (Wildman–Crippen MR) is 81.1 cm³/mol. The highest BCUT2D eigenvalue weighted by Gasteiger charge is 2.40. The number of likely N-dealkylation sites (tertiary alicyclic amines) is 2. The molecule has 8 heteroatoms. The SMILES string of the molecule is O=C(O)C1(O)CCN(CCCN2CCC(O)(C(=O)O)CC2)CC1. The number of carboxylic acid groups (broad SMARTS) is 2. The highest BCUT2D eigenvalue weighted by Crippen LogP contribution is 2.24. The highest BCUT2D eigenvalue weighted by atomic mass is 16.4. The number of carboxylic acids is 2. The van der Waals surface area contributed by atoms with Crippen LogP contribution < -0.4 is 0 Å². The first kappa shape index (κ1) is 18.1. The van der Waals surface area contributed by atoms with Crippen LogP contribution in [0.3, 0.4) is 0 Å². The van der Waals surface area contributed by atoms with Crippen LogP contribution in [0, 0.1) is 0 Å². The van der Waals surface area contributed by atoms with Gasteiger partial charge in [0.25, 0.3) is 0 Å². The number of carbonyl (C=O) groups is 2. The van der Waals surface area contributed by atoms with Gasteiger partial charge in [0, 0.05) is 26.2 Å². The number of aliphatic hydroxyl groups is 2. The highest BCUT2D eigenvalue weighted by molar-refractivity contribution is 5.77. The fourth-order valence-electron chi connectivity index (χ4n) is 3.24. The summed E-state index contributed by atoms with van der Waals surface area (Å²) in [6.45, 7) is 3.94. The van der Waals surface area contributed by atoms with Crippen LogP contribution in [0.1, 0.15) is 32.1 Å². The van der Waals surface area contributed by atoms with Crippen LogP contribution in [0.25, 0.3) is 0 Å². The van der Waals surface area contributed by atoms with Gasteiger partial charge in [-0.3, -0.25) is 0 Å². The van der Waals surface area contributed by atoms with Crippen LogP contribution in [0.5, 0.6) is 0 Å². The largest absolute Gasteiger partial charge is 0.479 e. The molecule has 23 heavy (non-hydrogen) atoms. The van der Waals surface area contributed by atoms with Gasteiger partial charge in [-0.15, -0.1) is 0 Å². The lowest BCUT2D eigenvalue weighted by atomic mass is 9.91. The summed E-state index contributed by atoms with van der Waals surface area (Å²) in [5.74, 6) is -2.28. The number of hydrogen-bond acceptors (Lipinski definition) is 6. The van der Waals surface area contributed by atoms with E-state index in [1.54, 1.807) is 0 Å². The summed E-state index contributed by atoms with van der Waals surface area (Å²) in [6.07, 6.45) is 1.89. The Morgan fingerprint density at radius 3 is 1.30 bits per heavy atom. The summed E-state index contributed by atoms with van der Waals surface area (Å²) in [4.78, 5) is 26.2. The first-order valence-corrected chi connectivity index (χ1v) is 8.11. The fraction of sp³-hybridized carbons (Fsp3) is 0.867.